The van der Waals surface area contributed by atoms with Gasteiger partial charge in [0, 0.05) is 31.7 Å². The maximum atomic E-state index is 12.7. The predicted octanol–water partition coefficient (Wildman–Crippen LogP) is 1.12. The Morgan fingerprint density at radius 3 is 2.65 bits per heavy atom. The second kappa shape index (κ2) is 7.36. The first-order valence-electron chi connectivity index (χ1n) is 9.05. The van der Waals surface area contributed by atoms with Crippen molar-refractivity contribution in [1.29, 1.82) is 0 Å². The van der Waals surface area contributed by atoms with Crippen LogP contribution in [-0.2, 0) is 14.8 Å². The third-order valence-corrected chi connectivity index (χ3v) is 6.67. The Labute approximate surface area is 154 Å². The van der Waals surface area contributed by atoms with E-state index in [2.05, 4.69) is 10.0 Å². The molecule has 1 spiro atoms. The number of carbonyl (C=O) groups is 2. The lowest BCUT2D eigenvalue weighted by molar-refractivity contribution is -0.132. The fourth-order valence-corrected chi connectivity index (χ4v) is 4.78. The summed E-state index contributed by atoms with van der Waals surface area (Å²) in [6, 6.07) is 5.97. The molecule has 1 atom stereocenters. The first-order chi connectivity index (χ1) is 12.4. The highest BCUT2D eigenvalue weighted by molar-refractivity contribution is 7.89. The van der Waals surface area contributed by atoms with Gasteiger partial charge in [0.2, 0.25) is 15.9 Å². The summed E-state index contributed by atoms with van der Waals surface area (Å²) >= 11 is 0. The number of rotatable bonds is 5. The van der Waals surface area contributed by atoms with E-state index >= 15 is 0 Å². The van der Waals surface area contributed by atoms with E-state index in [-0.39, 0.29) is 16.7 Å². The number of likely N-dealkylation sites (tertiary alicyclic amines) is 1. The molecule has 142 valence electrons. The van der Waals surface area contributed by atoms with Crippen LogP contribution in [0.4, 0.5) is 0 Å². The molecule has 2 aliphatic rings. The molecule has 2 amide bonds. The van der Waals surface area contributed by atoms with Crippen molar-refractivity contribution in [3.05, 3.63) is 29.8 Å². The molecule has 2 N–H and O–H groups in total. The number of sulfonamides is 1. The average Bonchev–Trinajstić information content (AvgIpc) is 3.07. The molecule has 1 aromatic rings. The summed E-state index contributed by atoms with van der Waals surface area (Å²) in [5, 5.41) is 2.90. The predicted molar refractivity (Wildman–Crippen MR) is 97.1 cm³/mol. The zero-order valence-electron chi connectivity index (χ0n) is 15.0. The molecular formula is C18H25N3O4S. The Hall–Kier alpha value is -1.93. The van der Waals surface area contributed by atoms with Gasteiger partial charge in [0.15, 0.2) is 0 Å². The molecule has 2 saturated heterocycles. The van der Waals surface area contributed by atoms with Crippen LogP contribution in [0.25, 0.3) is 0 Å². The second-order valence-corrected chi connectivity index (χ2v) is 8.81. The summed E-state index contributed by atoms with van der Waals surface area (Å²) in [6.45, 7) is 3.94. The Morgan fingerprint density at radius 2 is 2.00 bits per heavy atom. The van der Waals surface area contributed by atoms with E-state index in [1.54, 1.807) is 4.90 Å². The number of hydrogen-bond donors (Lipinski definition) is 2. The molecular weight excluding hydrogens is 354 g/mol. The Kier molecular flexibility index (Phi) is 5.34. The number of amides is 2. The summed E-state index contributed by atoms with van der Waals surface area (Å²) < 4.78 is 26.7. The first kappa shape index (κ1) is 18.8. The van der Waals surface area contributed by atoms with E-state index in [0.717, 1.165) is 12.8 Å². The highest BCUT2D eigenvalue weighted by atomic mass is 32.2. The van der Waals surface area contributed by atoms with Crippen LogP contribution in [-0.4, -0.2) is 51.3 Å². The van der Waals surface area contributed by atoms with Crippen LogP contribution >= 0.6 is 0 Å². The fraction of sp³-hybridized carbons (Fsp3) is 0.556. The van der Waals surface area contributed by atoms with Crippen molar-refractivity contribution in [3.63, 3.8) is 0 Å². The molecule has 26 heavy (non-hydrogen) atoms. The third kappa shape index (κ3) is 3.61. The molecule has 0 aromatic heterocycles. The largest absolute Gasteiger partial charge is 0.356 e. The Balaban J connectivity index is 1.70. The normalized spacial score (nSPS) is 23.3. The standard InChI is InChI=1S/C18H25N3O4S/c1-2-10-20-26(24,25)15-6-4-14(5-7-15)16(22)21-12-9-18(13-21)8-3-11-19-17(18)23/h4-7,20H,2-3,8-13H2,1H3,(H,19,23). The van der Waals surface area contributed by atoms with Gasteiger partial charge in [-0.15, -0.1) is 0 Å². The molecule has 0 saturated carbocycles. The van der Waals surface area contributed by atoms with Crippen molar-refractivity contribution < 1.29 is 18.0 Å². The number of benzene rings is 1. The quantitative estimate of drug-likeness (QED) is 0.801. The van der Waals surface area contributed by atoms with Gasteiger partial charge in [-0.2, -0.15) is 0 Å². The Morgan fingerprint density at radius 1 is 1.27 bits per heavy atom. The summed E-state index contributed by atoms with van der Waals surface area (Å²) in [5.41, 5.74) is -0.0194. The van der Waals surface area contributed by atoms with E-state index in [9.17, 15) is 18.0 Å². The number of piperidine rings is 1. The van der Waals surface area contributed by atoms with E-state index in [0.29, 0.717) is 44.6 Å². The SMILES string of the molecule is CCCNS(=O)(=O)c1ccc(C(=O)N2CCC3(CCCNC3=O)C2)cc1. The molecule has 2 heterocycles. The highest BCUT2D eigenvalue weighted by Gasteiger charge is 2.46. The van der Waals surface area contributed by atoms with Crippen molar-refractivity contribution in [2.75, 3.05) is 26.2 Å². The highest BCUT2D eigenvalue weighted by Crippen LogP contribution is 2.37. The van der Waals surface area contributed by atoms with Gasteiger partial charge in [-0.25, -0.2) is 13.1 Å². The fourth-order valence-electron chi connectivity index (χ4n) is 3.64. The lowest BCUT2D eigenvalue weighted by Gasteiger charge is -2.32. The van der Waals surface area contributed by atoms with Crippen LogP contribution in [0.2, 0.25) is 0 Å². The second-order valence-electron chi connectivity index (χ2n) is 7.04. The molecule has 0 bridgehead atoms. The molecule has 1 unspecified atom stereocenters. The van der Waals surface area contributed by atoms with Gasteiger partial charge in [-0.3, -0.25) is 9.59 Å². The van der Waals surface area contributed by atoms with Crippen molar-refractivity contribution in [1.82, 2.24) is 14.9 Å². The van der Waals surface area contributed by atoms with Crippen LogP contribution in [0, 0.1) is 5.41 Å². The maximum Gasteiger partial charge on any atom is 0.253 e. The minimum absolute atomic E-state index is 0.0440. The summed E-state index contributed by atoms with van der Waals surface area (Å²) in [6.07, 6.45) is 3.13. The van der Waals surface area contributed by atoms with E-state index in [1.165, 1.54) is 24.3 Å². The zero-order chi connectivity index (χ0) is 18.8. The topological polar surface area (TPSA) is 95.6 Å². The van der Waals surface area contributed by atoms with E-state index in [4.69, 9.17) is 0 Å². The smallest absolute Gasteiger partial charge is 0.253 e. The van der Waals surface area contributed by atoms with Gasteiger partial charge in [-0.1, -0.05) is 6.92 Å². The molecule has 3 rings (SSSR count). The van der Waals surface area contributed by atoms with Gasteiger partial charge in [-0.05, 0) is 49.9 Å². The van der Waals surface area contributed by atoms with Gasteiger partial charge >= 0.3 is 0 Å². The van der Waals surface area contributed by atoms with Crippen molar-refractivity contribution in [3.8, 4) is 0 Å². The number of nitrogens with zero attached hydrogens (tertiary/aromatic N) is 1. The number of carbonyl (C=O) groups excluding carboxylic acids is 2. The molecule has 0 aliphatic carbocycles. The van der Waals surface area contributed by atoms with Crippen LogP contribution < -0.4 is 10.0 Å². The molecule has 0 radical (unpaired) electrons. The van der Waals surface area contributed by atoms with Gasteiger partial charge in [0.25, 0.3) is 5.91 Å². The summed E-state index contributed by atoms with van der Waals surface area (Å²) in [4.78, 5) is 26.8. The minimum Gasteiger partial charge on any atom is -0.356 e. The van der Waals surface area contributed by atoms with Crippen LogP contribution in [0.1, 0.15) is 43.0 Å². The van der Waals surface area contributed by atoms with Crippen LogP contribution in [0.3, 0.4) is 0 Å². The summed E-state index contributed by atoms with van der Waals surface area (Å²) in [7, 11) is -3.54. The third-order valence-electron chi connectivity index (χ3n) is 5.19. The molecule has 2 fully saturated rings. The number of hydrogen-bond acceptors (Lipinski definition) is 4. The van der Waals surface area contributed by atoms with Crippen molar-refractivity contribution >= 4 is 21.8 Å². The van der Waals surface area contributed by atoms with Crippen LogP contribution in [0.15, 0.2) is 29.2 Å². The van der Waals surface area contributed by atoms with E-state index in [1.807, 2.05) is 6.92 Å². The maximum absolute atomic E-state index is 12.7. The minimum atomic E-state index is -3.54. The Bertz CT molecular complexity index is 791. The first-order valence-corrected chi connectivity index (χ1v) is 10.5. The van der Waals surface area contributed by atoms with Crippen molar-refractivity contribution in [2.24, 2.45) is 5.41 Å². The van der Waals surface area contributed by atoms with Gasteiger partial charge in [0.1, 0.15) is 0 Å². The average molecular weight is 379 g/mol. The van der Waals surface area contributed by atoms with Gasteiger partial charge < -0.3 is 10.2 Å². The lowest BCUT2D eigenvalue weighted by Crippen LogP contribution is -2.47. The molecule has 2 aliphatic heterocycles. The van der Waals surface area contributed by atoms with Gasteiger partial charge in [0.05, 0.1) is 10.3 Å². The lowest BCUT2D eigenvalue weighted by atomic mass is 9.79. The van der Waals surface area contributed by atoms with Crippen molar-refractivity contribution in [2.45, 2.75) is 37.5 Å². The number of nitrogens with one attached hydrogen (secondary N) is 2. The molecule has 1 aromatic carbocycles. The van der Waals surface area contributed by atoms with E-state index < -0.39 is 15.4 Å². The summed E-state index contributed by atoms with van der Waals surface area (Å²) in [5.74, 6) is -0.117. The monoisotopic (exact) mass is 379 g/mol. The molecule has 7 nitrogen and oxygen atoms in total. The zero-order valence-corrected chi connectivity index (χ0v) is 15.8. The van der Waals surface area contributed by atoms with Crippen LogP contribution in [0.5, 0.6) is 0 Å². The molecule has 8 heteroatoms.